The van der Waals surface area contributed by atoms with Crippen molar-refractivity contribution in [2.45, 2.75) is 0 Å². The number of hydrogen-bond donors (Lipinski definition) is 1. The SMILES string of the molecule is Nc1cc(Br)ccc1N1CCN(c2ccccc2F)CC1. The standard InChI is InChI=1S/C16H17BrFN3/c17-12-5-6-16(14(19)11-12)21-9-7-20(8-10-21)15-4-2-1-3-13(15)18/h1-6,11H,7-10,19H2. The van der Waals surface area contributed by atoms with Crippen LogP contribution in [0, 0.1) is 5.82 Å². The van der Waals surface area contributed by atoms with E-state index in [0.29, 0.717) is 5.69 Å². The maximum absolute atomic E-state index is 13.8. The molecule has 1 heterocycles. The maximum Gasteiger partial charge on any atom is 0.146 e. The molecule has 1 aliphatic heterocycles. The number of benzene rings is 2. The highest BCUT2D eigenvalue weighted by molar-refractivity contribution is 9.10. The number of anilines is 3. The van der Waals surface area contributed by atoms with E-state index in [1.165, 1.54) is 6.07 Å². The van der Waals surface area contributed by atoms with Crippen LogP contribution in [0.1, 0.15) is 0 Å². The van der Waals surface area contributed by atoms with Crippen LogP contribution in [0.4, 0.5) is 21.5 Å². The van der Waals surface area contributed by atoms with Crippen LogP contribution in [-0.4, -0.2) is 26.2 Å². The monoisotopic (exact) mass is 349 g/mol. The zero-order valence-electron chi connectivity index (χ0n) is 11.6. The Labute approximate surface area is 132 Å². The summed E-state index contributed by atoms with van der Waals surface area (Å²) in [5, 5.41) is 0. The molecule has 0 unspecified atom stereocenters. The van der Waals surface area contributed by atoms with Gasteiger partial charge in [-0.05, 0) is 30.3 Å². The number of nitrogen functional groups attached to an aromatic ring is 1. The smallest absolute Gasteiger partial charge is 0.146 e. The largest absolute Gasteiger partial charge is 0.397 e. The van der Waals surface area contributed by atoms with E-state index < -0.39 is 0 Å². The molecule has 3 nitrogen and oxygen atoms in total. The minimum absolute atomic E-state index is 0.158. The Morgan fingerprint density at radius 2 is 1.52 bits per heavy atom. The summed E-state index contributed by atoms with van der Waals surface area (Å²) < 4.78 is 14.8. The first-order chi connectivity index (χ1) is 10.1. The molecule has 0 radical (unpaired) electrons. The number of rotatable bonds is 2. The van der Waals surface area contributed by atoms with E-state index in [0.717, 1.165) is 42.0 Å². The topological polar surface area (TPSA) is 32.5 Å². The number of piperazine rings is 1. The predicted molar refractivity (Wildman–Crippen MR) is 89.4 cm³/mol. The summed E-state index contributed by atoms with van der Waals surface area (Å²) in [5.41, 5.74) is 8.57. The van der Waals surface area contributed by atoms with Crippen molar-refractivity contribution in [3.63, 3.8) is 0 Å². The van der Waals surface area contributed by atoms with Crippen molar-refractivity contribution in [2.75, 3.05) is 41.7 Å². The number of halogens is 2. The molecule has 1 fully saturated rings. The fourth-order valence-corrected chi connectivity index (χ4v) is 3.09. The van der Waals surface area contributed by atoms with Gasteiger partial charge in [0.15, 0.2) is 0 Å². The summed E-state index contributed by atoms with van der Waals surface area (Å²) >= 11 is 3.42. The van der Waals surface area contributed by atoms with Gasteiger partial charge in [-0.15, -0.1) is 0 Å². The average Bonchev–Trinajstić information content (AvgIpc) is 2.48. The molecule has 0 bridgehead atoms. The lowest BCUT2D eigenvalue weighted by Gasteiger charge is -2.37. The predicted octanol–water partition coefficient (Wildman–Crippen LogP) is 3.50. The van der Waals surface area contributed by atoms with Crippen LogP contribution in [0.25, 0.3) is 0 Å². The Kier molecular flexibility index (Phi) is 4.01. The zero-order chi connectivity index (χ0) is 14.8. The van der Waals surface area contributed by atoms with E-state index in [2.05, 4.69) is 25.7 Å². The van der Waals surface area contributed by atoms with Gasteiger partial charge in [0, 0.05) is 30.7 Å². The van der Waals surface area contributed by atoms with Crippen molar-refractivity contribution >= 4 is 33.0 Å². The lowest BCUT2D eigenvalue weighted by Crippen LogP contribution is -2.47. The van der Waals surface area contributed by atoms with Crippen molar-refractivity contribution in [3.8, 4) is 0 Å². The van der Waals surface area contributed by atoms with Gasteiger partial charge in [0.2, 0.25) is 0 Å². The lowest BCUT2D eigenvalue weighted by molar-refractivity contribution is 0.598. The molecule has 2 N–H and O–H groups in total. The van der Waals surface area contributed by atoms with E-state index >= 15 is 0 Å². The minimum atomic E-state index is -0.158. The van der Waals surface area contributed by atoms with Crippen LogP contribution in [0.3, 0.4) is 0 Å². The van der Waals surface area contributed by atoms with Crippen molar-refractivity contribution in [1.29, 1.82) is 0 Å². The fourth-order valence-electron chi connectivity index (χ4n) is 2.71. The highest BCUT2D eigenvalue weighted by atomic mass is 79.9. The van der Waals surface area contributed by atoms with Gasteiger partial charge >= 0.3 is 0 Å². The van der Waals surface area contributed by atoms with Gasteiger partial charge in [-0.1, -0.05) is 28.1 Å². The Balaban J connectivity index is 1.72. The average molecular weight is 350 g/mol. The Hall–Kier alpha value is -1.75. The molecule has 0 atom stereocenters. The Morgan fingerprint density at radius 1 is 0.905 bits per heavy atom. The molecular formula is C16H17BrFN3. The molecule has 1 saturated heterocycles. The summed E-state index contributed by atoms with van der Waals surface area (Å²) in [6.07, 6.45) is 0. The molecule has 5 heteroatoms. The van der Waals surface area contributed by atoms with E-state index in [-0.39, 0.29) is 5.82 Å². The molecule has 0 aliphatic carbocycles. The van der Waals surface area contributed by atoms with E-state index in [1.54, 1.807) is 6.07 Å². The third kappa shape index (κ3) is 2.97. The molecule has 0 spiro atoms. The molecule has 3 rings (SSSR count). The van der Waals surface area contributed by atoms with Gasteiger partial charge in [-0.3, -0.25) is 0 Å². The van der Waals surface area contributed by atoms with E-state index in [1.807, 2.05) is 30.3 Å². The van der Waals surface area contributed by atoms with Crippen LogP contribution >= 0.6 is 15.9 Å². The van der Waals surface area contributed by atoms with Crippen molar-refractivity contribution < 1.29 is 4.39 Å². The Morgan fingerprint density at radius 3 is 2.14 bits per heavy atom. The third-order valence-electron chi connectivity index (χ3n) is 3.80. The molecule has 0 aromatic heterocycles. The van der Waals surface area contributed by atoms with Crippen LogP contribution in [0.5, 0.6) is 0 Å². The van der Waals surface area contributed by atoms with Gasteiger partial charge in [0.05, 0.1) is 17.1 Å². The molecular weight excluding hydrogens is 333 g/mol. The van der Waals surface area contributed by atoms with Gasteiger partial charge in [0.25, 0.3) is 0 Å². The normalized spacial score (nSPS) is 15.3. The van der Waals surface area contributed by atoms with Gasteiger partial charge < -0.3 is 15.5 Å². The first kappa shape index (κ1) is 14.2. The molecule has 21 heavy (non-hydrogen) atoms. The maximum atomic E-state index is 13.8. The summed E-state index contributed by atoms with van der Waals surface area (Å²) in [4.78, 5) is 4.33. The van der Waals surface area contributed by atoms with Crippen LogP contribution < -0.4 is 15.5 Å². The molecule has 1 aliphatic rings. The van der Waals surface area contributed by atoms with E-state index in [4.69, 9.17) is 5.73 Å². The summed E-state index contributed by atoms with van der Waals surface area (Å²) in [6.45, 7) is 3.24. The minimum Gasteiger partial charge on any atom is -0.397 e. The molecule has 2 aromatic carbocycles. The first-order valence-electron chi connectivity index (χ1n) is 6.94. The van der Waals surface area contributed by atoms with Crippen LogP contribution in [0.15, 0.2) is 46.9 Å². The highest BCUT2D eigenvalue weighted by Crippen LogP contribution is 2.28. The first-order valence-corrected chi connectivity index (χ1v) is 7.74. The van der Waals surface area contributed by atoms with Gasteiger partial charge in [-0.25, -0.2) is 4.39 Å². The summed E-state index contributed by atoms with van der Waals surface area (Å²) in [5.74, 6) is -0.158. The van der Waals surface area contributed by atoms with Crippen LogP contribution in [0.2, 0.25) is 0 Å². The molecule has 0 saturated carbocycles. The van der Waals surface area contributed by atoms with E-state index in [9.17, 15) is 4.39 Å². The molecule has 2 aromatic rings. The van der Waals surface area contributed by atoms with Crippen molar-refractivity contribution in [2.24, 2.45) is 0 Å². The Bertz CT molecular complexity index is 639. The number of hydrogen-bond acceptors (Lipinski definition) is 3. The second kappa shape index (κ2) is 5.93. The number of nitrogens with zero attached hydrogens (tertiary/aromatic N) is 2. The second-order valence-corrected chi connectivity index (χ2v) is 6.04. The quantitative estimate of drug-likeness (QED) is 0.842. The van der Waals surface area contributed by atoms with Crippen LogP contribution in [-0.2, 0) is 0 Å². The van der Waals surface area contributed by atoms with Crippen molar-refractivity contribution in [1.82, 2.24) is 0 Å². The van der Waals surface area contributed by atoms with Crippen molar-refractivity contribution in [3.05, 3.63) is 52.8 Å². The zero-order valence-corrected chi connectivity index (χ0v) is 13.2. The number of para-hydroxylation sites is 1. The molecule has 0 amide bonds. The fraction of sp³-hybridized carbons (Fsp3) is 0.250. The highest BCUT2D eigenvalue weighted by Gasteiger charge is 2.20. The van der Waals surface area contributed by atoms with Gasteiger partial charge in [-0.2, -0.15) is 0 Å². The third-order valence-corrected chi connectivity index (χ3v) is 4.30. The second-order valence-electron chi connectivity index (χ2n) is 5.13. The molecule has 110 valence electrons. The summed E-state index contributed by atoms with van der Waals surface area (Å²) in [6, 6.07) is 12.9. The summed E-state index contributed by atoms with van der Waals surface area (Å²) in [7, 11) is 0. The number of nitrogens with two attached hydrogens (primary N) is 1. The van der Waals surface area contributed by atoms with Gasteiger partial charge in [0.1, 0.15) is 5.82 Å². The lowest BCUT2D eigenvalue weighted by atomic mass is 10.2.